The number of nitrogens with zero attached hydrogens (tertiary/aromatic N) is 1. The van der Waals surface area contributed by atoms with Crippen molar-refractivity contribution in [3.63, 3.8) is 0 Å². The van der Waals surface area contributed by atoms with Gasteiger partial charge in [-0.1, -0.05) is 19.1 Å². The Morgan fingerprint density at radius 3 is 3.00 bits per heavy atom. The van der Waals surface area contributed by atoms with Crippen molar-refractivity contribution >= 4 is 16.8 Å². The number of carbonyl (C=O) groups excluding carboxylic acids is 1. The second-order valence-corrected chi connectivity index (χ2v) is 4.96. The van der Waals surface area contributed by atoms with E-state index in [1.54, 1.807) is 6.20 Å². The third-order valence-electron chi connectivity index (χ3n) is 3.35. The zero-order chi connectivity index (χ0) is 14.4. The molecule has 0 spiro atoms. The SMILES string of the molecule is CCCNC(=O)C(CN)Cc1ccc2ncccc2c1. The van der Waals surface area contributed by atoms with Gasteiger partial charge in [0, 0.05) is 24.7 Å². The van der Waals surface area contributed by atoms with Crippen molar-refractivity contribution in [2.75, 3.05) is 13.1 Å². The molecule has 1 unspecified atom stereocenters. The lowest BCUT2D eigenvalue weighted by molar-refractivity contribution is -0.124. The third-order valence-corrected chi connectivity index (χ3v) is 3.35. The van der Waals surface area contributed by atoms with Gasteiger partial charge in [0.1, 0.15) is 0 Å². The molecule has 2 rings (SSSR count). The van der Waals surface area contributed by atoms with E-state index in [1.807, 2.05) is 31.2 Å². The Balaban J connectivity index is 2.10. The van der Waals surface area contributed by atoms with Crippen LogP contribution in [0.25, 0.3) is 10.9 Å². The van der Waals surface area contributed by atoms with Gasteiger partial charge < -0.3 is 11.1 Å². The highest BCUT2D eigenvalue weighted by atomic mass is 16.1. The summed E-state index contributed by atoms with van der Waals surface area (Å²) in [5.41, 5.74) is 7.82. The molecule has 0 saturated carbocycles. The van der Waals surface area contributed by atoms with Gasteiger partial charge in [0.25, 0.3) is 0 Å². The maximum absolute atomic E-state index is 12.0. The van der Waals surface area contributed by atoms with Crippen molar-refractivity contribution in [2.24, 2.45) is 11.7 Å². The van der Waals surface area contributed by atoms with E-state index in [1.165, 1.54) is 0 Å². The van der Waals surface area contributed by atoms with E-state index in [4.69, 9.17) is 5.73 Å². The molecule has 1 atom stereocenters. The Hall–Kier alpha value is -1.94. The number of aromatic nitrogens is 1. The molecular weight excluding hydrogens is 250 g/mol. The first-order valence-corrected chi connectivity index (χ1v) is 7.06. The first-order chi connectivity index (χ1) is 9.74. The lowest BCUT2D eigenvalue weighted by atomic mass is 9.97. The van der Waals surface area contributed by atoms with Gasteiger partial charge in [-0.2, -0.15) is 0 Å². The lowest BCUT2D eigenvalue weighted by Gasteiger charge is -2.15. The molecule has 1 heterocycles. The predicted octanol–water partition coefficient (Wildman–Crippen LogP) is 1.88. The van der Waals surface area contributed by atoms with Crippen LogP contribution in [0.2, 0.25) is 0 Å². The van der Waals surface area contributed by atoms with Crippen molar-refractivity contribution in [1.82, 2.24) is 10.3 Å². The quantitative estimate of drug-likeness (QED) is 0.843. The maximum Gasteiger partial charge on any atom is 0.224 e. The van der Waals surface area contributed by atoms with Crippen molar-refractivity contribution in [3.8, 4) is 0 Å². The zero-order valence-electron chi connectivity index (χ0n) is 11.8. The molecule has 0 aliphatic rings. The molecule has 0 aliphatic carbocycles. The number of benzene rings is 1. The molecule has 2 aromatic rings. The van der Waals surface area contributed by atoms with Crippen LogP contribution in [-0.2, 0) is 11.2 Å². The summed E-state index contributed by atoms with van der Waals surface area (Å²) in [5, 5.41) is 4.00. The third kappa shape index (κ3) is 3.54. The molecule has 20 heavy (non-hydrogen) atoms. The molecule has 0 aliphatic heterocycles. The van der Waals surface area contributed by atoms with Gasteiger partial charge in [0.2, 0.25) is 5.91 Å². The fraction of sp³-hybridized carbons (Fsp3) is 0.375. The van der Waals surface area contributed by atoms with E-state index in [0.717, 1.165) is 22.9 Å². The Morgan fingerprint density at radius 2 is 2.25 bits per heavy atom. The van der Waals surface area contributed by atoms with Crippen molar-refractivity contribution in [3.05, 3.63) is 42.1 Å². The number of amides is 1. The largest absolute Gasteiger partial charge is 0.356 e. The van der Waals surface area contributed by atoms with Crippen molar-refractivity contribution in [2.45, 2.75) is 19.8 Å². The van der Waals surface area contributed by atoms with Gasteiger partial charge in [-0.3, -0.25) is 9.78 Å². The summed E-state index contributed by atoms with van der Waals surface area (Å²) in [5.74, 6) is -0.128. The topological polar surface area (TPSA) is 68.0 Å². The molecular formula is C16H21N3O. The van der Waals surface area contributed by atoms with Crippen LogP contribution in [-0.4, -0.2) is 24.0 Å². The standard InChI is InChI=1S/C16H21N3O/c1-2-7-19-16(20)14(11-17)10-12-5-6-15-13(9-12)4-3-8-18-15/h3-6,8-9,14H,2,7,10-11,17H2,1H3,(H,19,20). The van der Waals surface area contributed by atoms with Crippen LogP contribution >= 0.6 is 0 Å². The van der Waals surface area contributed by atoms with E-state index in [2.05, 4.69) is 16.4 Å². The Labute approximate surface area is 119 Å². The number of fused-ring (bicyclic) bond motifs is 1. The summed E-state index contributed by atoms with van der Waals surface area (Å²) in [6.07, 6.45) is 3.38. The lowest BCUT2D eigenvalue weighted by Crippen LogP contribution is -2.36. The van der Waals surface area contributed by atoms with Crippen LogP contribution in [0.3, 0.4) is 0 Å². The average Bonchev–Trinajstić information content (AvgIpc) is 2.50. The molecule has 1 aromatic heterocycles. The molecule has 106 valence electrons. The second kappa shape index (κ2) is 7.01. The number of hydrogen-bond donors (Lipinski definition) is 2. The van der Waals surface area contributed by atoms with Crippen LogP contribution in [0.1, 0.15) is 18.9 Å². The summed E-state index contributed by atoms with van der Waals surface area (Å²) < 4.78 is 0. The van der Waals surface area contributed by atoms with E-state index < -0.39 is 0 Å². The molecule has 1 amide bonds. The summed E-state index contributed by atoms with van der Waals surface area (Å²) in [4.78, 5) is 16.3. The molecule has 0 saturated heterocycles. The molecule has 4 nitrogen and oxygen atoms in total. The van der Waals surface area contributed by atoms with Crippen molar-refractivity contribution in [1.29, 1.82) is 0 Å². The number of hydrogen-bond acceptors (Lipinski definition) is 3. The van der Waals surface area contributed by atoms with Crippen LogP contribution in [0.4, 0.5) is 0 Å². The highest BCUT2D eigenvalue weighted by molar-refractivity contribution is 5.81. The van der Waals surface area contributed by atoms with E-state index in [9.17, 15) is 4.79 Å². The van der Waals surface area contributed by atoms with Crippen LogP contribution in [0.5, 0.6) is 0 Å². The minimum absolute atomic E-state index is 0.0423. The molecule has 0 radical (unpaired) electrons. The minimum Gasteiger partial charge on any atom is -0.356 e. The average molecular weight is 271 g/mol. The smallest absolute Gasteiger partial charge is 0.224 e. The number of carbonyl (C=O) groups is 1. The molecule has 0 fully saturated rings. The monoisotopic (exact) mass is 271 g/mol. The summed E-state index contributed by atoms with van der Waals surface area (Å²) in [7, 11) is 0. The van der Waals surface area contributed by atoms with Gasteiger partial charge in [0.15, 0.2) is 0 Å². The molecule has 1 aromatic carbocycles. The maximum atomic E-state index is 12.0. The summed E-state index contributed by atoms with van der Waals surface area (Å²) in [6.45, 7) is 3.10. The van der Waals surface area contributed by atoms with Crippen LogP contribution in [0.15, 0.2) is 36.5 Å². The zero-order valence-corrected chi connectivity index (χ0v) is 11.8. The highest BCUT2D eigenvalue weighted by Gasteiger charge is 2.16. The van der Waals surface area contributed by atoms with Crippen LogP contribution < -0.4 is 11.1 Å². The van der Waals surface area contributed by atoms with Gasteiger partial charge in [-0.15, -0.1) is 0 Å². The molecule has 0 bridgehead atoms. The molecule has 4 heteroatoms. The number of pyridine rings is 1. The van der Waals surface area contributed by atoms with Gasteiger partial charge >= 0.3 is 0 Å². The highest BCUT2D eigenvalue weighted by Crippen LogP contribution is 2.16. The predicted molar refractivity (Wildman–Crippen MR) is 81.3 cm³/mol. The van der Waals surface area contributed by atoms with Gasteiger partial charge in [-0.25, -0.2) is 0 Å². The Kier molecular flexibility index (Phi) is 5.07. The first kappa shape index (κ1) is 14.5. The summed E-state index contributed by atoms with van der Waals surface area (Å²) >= 11 is 0. The Bertz CT molecular complexity index is 583. The second-order valence-electron chi connectivity index (χ2n) is 4.96. The first-order valence-electron chi connectivity index (χ1n) is 7.06. The molecule has 3 N–H and O–H groups in total. The summed E-state index contributed by atoms with van der Waals surface area (Å²) in [6, 6.07) is 10.0. The van der Waals surface area contributed by atoms with E-state index in [-0.39, 0.29) is 11.8 Å². The number of nitrogens with two attached hydrogens (primary N) is 1. The Morgan fingerprint density at radius 1 is 1.40 bits per heavy atom. The normalized spacial score (nSPS) is 12.3. The van der Waals surface area contributed by atoms with Gasteiger partial charge in [0.05, 0.1) is 11.4 Å². The van der Waals surface area contributed by atoms with Crippen LogP contribution in [0, 0.1) is 5.92 Å². The fourth-order valence-corrected chi connectivity index (χ4v) is 2.21. The van der Waals surface area contributed by atoms with E-state index in [0.29, 0.717) is 19.5 Å². The fourth-order valence-electron chi connectivity index (χ4n) is 2.21. The minimum atomic E-state index is -0.171. The number of rotatable bonds is 6. The van der Waals surface area contributed by atoms with E-state index >= 15 is 0 Å². The van der Waals surface area contributed by atoms with Crippen molar-refractivity contribution < 1.29 is 4.79 Å². The van der Waals surface area contributed by atoms with Gasteiger partial charge in [-0.05, 0) is 36.6 Å². The number of nitrogens with one attached hydrogen (secondary N) is 1.